The molecular formula is C12H14N2O. The van der Waals surface area contributed by atoms with Gasteiger partial charge in [0.1, 0.15) is 0 Å². The molecule has 1 saturated carbocycles. The molecular weight excluding hydrogens is 188 g/mol. The van der Waals surface area contributed by atoms with E-state index in [1.165, 1.54) is 18.5 Å². The van der Waals surface area contributed by atoms with E-state index >= 15 is 0 Å². The zero-order valence-electron chi connectivity index (χ0n) is 8.60. The topological polar surface area (TPSA) is 23.6 Å². The van der Waals surface area contributed by atoms with E-state index in [-0.39, 0.29) is 0 Å². The molecule has 3 nitrogen and oxygen atoms in total. The first kappa shape index (κ1) is 8.77. The van der Waals surface area contributed by atoms with Gasteiger partial charge in [-0.05, 0) is 25.0 Å². The van der Waals surface area contributed by atoms with Crippen LogP contribution in [0.1, 0.15) is 12.8 Å². The summed E-state index contributed by atoms with van der Waals surface area (Å²) in [5.74, 6) is 0. The Morgan fingerprint density at radius 1 is 1.13 bits per heavy atom. The lowest BCUT2D eigenvalue weighted by Crippen LogP contribution is -2.41. The van der Waals surface area contributed by atoms with Crippen LogP contribution in [0.3, 0.4) is 0 Å². The van der Waals surface area contributed by atoms with Gasteiger partial charge in [-0.25, -0.2) is 0 Å². The van der Waals surface area contributed by atoms with Gasteiger partial charge < -0.3 is 9.80 Å². The minimum Gasteiger partial charge on any atom is -0.365 e. The summed E-state index contributed by atoms with van der Waals surface area (Å²) < 4.78 is 0. The van der Waals surface area contributed by atoms with Gasteiger partial charge in [0.15, 0.2) is 0 Å². The maximum atomic E-state index is 10.9. The first-order valence-corrected chi connectivity index (χ1v) is 5.48. The molecule has 1 aromatic rings. The lowest BCUT2D eigenvalue weighted by molar-refractivity contribution is -0.107. The van der Waals surface area contributed by atoms with Crippen molar-refractivity contribution in [1.82, 2.24) is 0 Å². The van der Waals surface area contributed by atoms with E-state index in [4.69, 9.17) is 0 Å². The number of hydrogen-bond donors (Lipinski definition) is 0. The van der Waals surface area contributed by atoms with Crippen molar-refractivity contribution < 1.29 is 4.79 Å². The quantitative estimate of drug-likeness (QED) is 0.680. The molecule has 3 heteroatoms. The lowest BCUT2D eigenvalue weighted by atomic mass is 10.1. The molecule has 0 radical (unpaired) electrons. The van der Waals surface area contributed by atoms with Crippen LogP contribution in [0.2, 0.25) is 0 Å². The summed E-state index contributed by atoms with van der Waals surface area (Å²) in [6.45, 7) is 1.79. The van der Waals surface area contributed by atoms with Crippen molar-refractivity contribution in [3.8, 4) is 0 Å². The highest BCUT2D eigenvalue weighted by atomic mass is 16.1. The molecule has 3 rings (SSSR count). The van der Waals surface area contributed by atoms with E-state index in [0.717, 1.165) is 31.2 Å². The van der Waals surface area contributed by atoms with Crippen molar-refractivity contribution in [2.24, 2.45) is 0 Å². The minimum absolute atomic E-state index is 0.722. The van der Waals surface area contributed by atoms with Crippen molar-refractivity contribution >= 4 is 17.8 Å². The third-order valence-electron chi connectivity index (χ3n) is 3.20. The fourth-order valence-corrected chi connectivity index (χ4v) is 2.28. The smallest absolute Gasteiger partial charge is 0.214 e. The molecule has 0 N–H and O–H groups in total. The number of anilines is 2. The summed E-state index contributed by atoms with van der Waals surface area (Å²) >= 11 is 0. The molecule has 1 aliphatic carbocycles. The Labute approximate surface area is 89.3 Å². The number of rotatable bonds is 2. The highest BCUT2D eigenvalue weighted by molar-refractivity contribution is 5.86. The Morgan fingerprint density at radius 3 is 2.53 bits per heavy atom. The molecule has 1 heterocycles. The number of hydrogen-bond acceptors (Lipinski definition) is 2. The van der Waals surface area contributed by atoms with Gasteiger partial charge in [-0.2, -0.15) is 0 Å². The average molecular weight is 202 g/mol. The molecule has 2 aliphatic rings. The summed E-state index contributed by atoms with van der Waals surface area (Å²) in [5, 5.41) is 0. The molecule has 78 valence electrons. The number of carbonyl (C=O) groups excluding carboxylic acids is 1. The van der Waals surface area contributed by atoms with Gasteiger partial charge >= 0.3 is 0 Å². The summed E-state index contributed by atoms with van der Waals surface area (Å²) in [6, 6.07) is 8.90. The highest BCUT2D eigenvalue weighted by Crippen LogP contribution is 2.39. The van der Waals surface area contributed by atoms with Crippen molar-refractivity contribution in [3.63, 3.8) is 0 Å². The molecule has 0 aromatic heterocycles. The second-order valence-corrected chi connectivity index (χ2v) is 4.21. The molecule has 1 amide bonds. The predicted octanol–water partition coefficient (Wildman–Crippen LogP) is 1.63. The molecule has 0 spiro atoms. The molecule has 1 aliphatic heterocycles. The van der Waals surface area contributed by atoms with Crippen LogP contribution in [0.5, 0.6) is 0 Å². The second-order valence-electron chi connectivity index (χ2n) is 4.21. The lowest BCUT2D eigenvalue weighted by Gasteiger charge is -2.36. The van der Waals surface area contributed by atoms with Crippen molar-refractivity contribution in [2.75, 3.05) is 22.9 Å². The van der Waals surface area contributed by atoms with Crippen LogP contribution in [0, 0.1) is 0 Å². The zero-order chi connectivity index (χ0) is 10.3. The van der Waals surface area contributed by atoms with E-state index in [1.54, 1.807) is 4.90 Å². The van der Waals surface area contributed by atoms with E-state index < -0.39 is 0 Å². The Balaban J connectivity index is 2.02. The van der Waals surface area contributed by atoms with Gasteiger partial charge in [0.05, 0.1) is 11.4 Å². The minimum atomic E-state index is 0.722. The van der Waals surface area contributed by atoms with Crippen molar-refractivity contribution in [3.05, 3.63) is 24.3 Å². The Bertz CT molecular complexity index is 387. The number of nitrogens with zero attached hydrogens (tertiary/aromatic N) is 2. The maximum absolute atomic E-state index is 10.9. The highest BCUT2D eigenvalue weighted by Gasteiger charge is 2.33. The third kappa shape index (κ3) is 1.39. The van der Waals surface area contributed by atoms with E-state index in [0.29, 0.717) is 0 Å². The Kier molecular flexibility index (Phi) is 1.91. The fraction of sp³-hybridized carbons (Fsp3) is 0.417. The summed E-state index contributed by atoms with van der Waals surface area (Å²) in [7, 11) is 0. The number of carbonyl (C=O) groups is 1. The van der Waals surface area contributed by atoms with Gasteiger partial charge in [0.2, 0.25) is 6.41 Å². The molecule has 0 saturated heterocycles. The van der Waals surface area contributed by atoms with Crippen LogP contribution in [0.4, 0.5) is 11.4 Å². The van der Waals surface area contributed by atoms with Gasteiger partial charge in [0, 0.05) is 19.1 Å². The van der Waals surface area contributed by atoms with Crippen LogP contribution < -0.4 is 9.80 Å². The van der Waals surface area contributed by atoms with Crippen molar-refractivity contribution in [2.45, 2.75) is 18.9 Å². The molecule has 15 heavy (non-hydrogen) atoms. The number of para-hydroxylation sites is 2. The summed E-state index contributed by atoms with van der Waals surface area (Å²) in [4.78, 5) is 15.2. The normalized spacial score (nSPS) is 20.0. The van der Waals surface area contributed by atoms with Crippen LogP contribution in [-0.2, 0) is 4.79 Å². The number of benzene rings is 1. The molecule has 0 atom stereocenters. The molecule has 0 bridgehead atoms. The monoisotopic (exact) mass is 202 g/mol. The molecule has 1 fully saturated rings. The fourth-order valence-electron chi connectivity index (χ4n) is 2.28. The van der Waals surface area contributed by atoms with E-state index in [1.807, 2.05) is 18.2 Å². The van der Waals surface area contributed by atoms with E-state index in [9.17, 15) is 4.79 Å². The number of amides is 1. The Morgan fingerprint density at radius 2 is 1.87 bits per heavy atom. The predicted molar refractivity (Wildman–Crippen MR) is 60.2 cm³/mol. The van der Waals surface area contributed by atoms with Gasteiger partial charge in [-0.3, -0.25) is 4.79 Å². The first-order chi connectivity index (χ1) is 7.40. The SMILES string of the molecule is O=CN1CCN(C2CC2)c2ccccc21. The number of fused-ring (bicyclic) bond motifs is 1. The van der Waals surface area contributed by atoms with Crippen LogP contribution in [0.25, 0.3) is 0 Å². The molecule has 1 aromatic carbocycles. The van der Waals surface area contributed by atoms with Crippen molar-refractivity contribution in [1.29, 1.82) is 0 Å². The standard InChI is InChI=1S/C12H14N2O/c15-9-13-7-8-14(10-5-6-10)12-4-2-1-3-11(12)13/h1-4,9-10H,5-8H2. The largest absolute Gasteiger partial charge is 0.365 e. The van der Waals surface area contributed by atoms with Gasteiger partial charge in [0.25, 0.3) is 0 Å². The van der Waals surface area contributed by atoms with Crippen LogP contribution in [-0.4, -0.2) is 25.5 Å². The third-order valence-corrected chi connectivity index (χ3v) is 3.20. The maximum Gasteiger partial charge on any atom is 0.214 e. The Hall–Kier alpha value is -1.51. The first-order valence-electron chi connectivity index (χ1n) is 5.48. The van der Waals surface area contributed by atoms with E-state index in [2.05, 4.69) is 11.0 Å². The van der Waals surface area contributed by atoms with Gasteiger partial charge in [-0.1, -0.05) is 12.1 Å². The average Bonchev–Trinajstić information content (AvgIpc) is 3.11. The molecule has 0 unspecified atom stereocenters. The summed E-state index contributed by atoms with van der Waals surface area (Å²) in [5.41, 5.74) is 2.28. The van der Waals surface area contributed by atoms with Gasteiger partial charge in [-0.15, -0.1) is 0 Å². The second kappa shape index (κ2) is 3.26. The van der Waals surface area contributed by atoms with Crippen LogP contribution >= 0.6 is 0 Å². The summed E-state index contributed by atoms with van der Waals surface area (Å²) in [6.07, 6.45) is 3.54. The zero-order valence-corrected chi connectivity index (χ0v) is 8.60. The van der Waals surface area contributed by atoms with Crippen LogP contribution in [0.15, 0.2) is 24.3 Å².